The van der Waals surface area contributed by atoms with Gasteiger partial charge in [0, 0.05) is 31.7 Å². The number of halogens is 2. The quantitative estimate of drug-likeness (QED) is 0.614. The van der Waals surface area contributed by atoms with Crippen molar-refractivity contribution < 1.29 is 0 Å². The highest BCUT2D eigenvalue weighted by atomic mass is 79.9. The fourth-order valence-corrected chi connectivity index (χ4v) is 4.22. The summed E-state index contributed by atoms with van der Waals surface area (Å²) >= 11 is 11.7. The van der Waals surface area contributed by atoms with Crippen LogP contribution in [0.3, 0.4) is 0 Å². The number of benzene rings is 1. The van der Waals surface area contributed by atoms with Crippen molar-refractivity contribution in [2.75, 3.05) is 6.54 Å². The summed E-state index contributed by atoms with van der Waals surface area (Å²) in [5.41, 5.74) is 1.24. The molecule has 1 unspecified atom stereocenters. The number of rotatable bonds is 7. The Morgan fingerprint density at radius 1 is 1.19 bits per heavy atom. The van der Waals surface area contributed by atoms with Gasteiger partial charge in [-0.15, -0.1) is 11.3 Å². The van der Waals surface area contributed by atoms with Crippen LogP contribution in [-0.4, -0.2) is 6.54 Å². The minimum absolute atomic E-state index is 0.309. The molecule has 0 fully saturated rings. The van der Waals surface area contributed by atoms with E-state index in [4.69, 9.17) is 11.6 Å². The molecule has 1 atom stereocenters. The lowest BCUT2D eigenvalue weighted by molar-refractivity contribution is 0.532. The van der Waals surface area contributed by atoms with E-state index in [1.807, 2.05) is 17.4 Å². The summed E-state index contributed by atoms with van der Waals surface area (Å²) < 4.78 is 1.04. The summed E-state index contributed by atoms with van der Waals surface area (Å²) in [5.74, 6) is 0. The fourth-order valence-electron chi connectivity index (χ4n) is 2.33. The van der Waals surface area contributed by atoms with Crippen LogP contribution in [-0.2, 0) is 12.8 Å². The van der Waals surface area contributed by atoms with Crippen molar-refractivity contribution >= 4 is 38.9 Å². The molecule has 114 valence electrons. The van der Waals surface area contributed by atoms with E-state index in [2.05, 4.69) is 59.4 Å². The SMILES string of the molecule is CCCNC(Cc1ccc(CC)s1)c1cc(Cl)cc(Br)c1. The van der Waals surface area contributed by atoms with Crippen LogP contribution in [0.5, 0.6) is 0 Å². The van der Waals surface area contributed by atoms with Crippen LogP contribution < -0.4 is 5.32 Å². The molecule has 1 nitrogen and oxygen atoms in total. The zero-order chi connectivity index (χ0) is 15.2. The summed E-state index contributed by atoms with van der Waals surface area (Å²) in [4.78, 5) is 2.88. The third kappa shape index (κ3) is 5.10. The van der Waals surface area contributed by atoms with Gasteiger partial charge in [0.25, 0.3) is 0 Å². The average Bonchev–Trinajstić information content (AvgIpc) is 2.90. The average molecular weight is 387 g/mol. The Bertz CT molecular complexity index is 562. The third-order valence-corrected chi connectivity index (χ3v) is 5.33. The number of thiophene rings is 1. The molecule has 0 saturated heterocycles. The van der Waals surface area contributed by atoms with Crippen molar-refractivity contribution in [1.29, 1.82) is 0 Å². The first-order chi connectivity index (χ1) is 10.1. The molecule has 0 spiro atoms. The van der Waals surface area contributed by atoms with E-state index in [1.165, 1.54) is 15.3 Å². The summed E-state index contributed by atoms with van der Waals surface area (Å²) in [6, 6.07) is 11.0. The third-order valence-electron chi connectivity index (χ3n) is 3.40. The minimum Gasteiger partial charge on any atom is -0.310 e. The lowest BCUT2D eigenvalue weighted by atomic mass is 10.0. The first kappa shape index (κ1) is 17.0. The Kier molecular flexibility index (Phi) is 6.74. The second-order valence-electron chi connectivity index (χ2n) is 5.14. The second-order valence-corrected chi connectivity index (χ2v) is 7.74. The maximum Gasteiger partial charge on any atom is 0.0420 e. The van der Waals surface area contributed by atoms with Crippen molar-refractivity contribution in [3.8, 4) is 0 Å². The molecule has 2 rings (SSSR count). The van der Waals surface area contributed by atoms with E-state index in [0.29, 0.717) is 6.04 Å². The Labute approximate surface area is 144 Å². The molecule has 1 aromatic carbocycles. The molecule has 2 aromatic rings. The molecule has 4 heteroatoms. The lowest BCUT2D eigenvalue weighted by Gasteiger charge is -2.19. The van der Waals surface area contributed by atoms with Gasteiger partial charge in [-0.3, -0.25) is 0 Å². The number of hydrogen-bond donors (Lipinski definition) is 1. The van der Waals surface area contributed by atoms with Crippen molar-refractivity contribution in [2.24, 2.45) is 0 Å². The highest BCUT2D eigenvalue weighted by Crippen LogP contribution is 2.28. The van der Waals surface area contributed by atoms with Gasteiger partial charge in [0.05, 0.1) is 0 Å². The van der Waals surface area contributed by atoms with E-state index in [1.54, 1.807) is 0 Å². The van der Waals surface area contributed by atoms with Crippen LogP contribution in [0.4, 0.5) is 0 Å². The van der Waals surface area contributed by atoms with Crippen molar-refractivity contribution in [1.82, 2.24) is 5.32 Å². The number of aryl methyl sites for hydroxylation is 1. The monoisotopic (exact) mass is 385 g/mol. The Balaban J connectivity index is 2.20. The highest BCUT2D eigenvalue weighted by Gasteiger charge is 2.14. The van der Waals surface area contributed by atoms with Gasteiger partial charge in [-0.25, -0.2) is 0 Å². The van der Waals surface area contributed by atoms with Gasteiger partial charge in [-0.05, 0) is 55.3 Å². The molecular formula is C17H21BrClNS. The summed E-state index contributed by atoms with van der Waals surface area (Å²) in [5, 5.41) is 4.42. The van der Waals surface area contributed by atoms with Crippen LogP contribution >= 0.6 is 38.9 Å². The molecular weight excluding hydrogens is 366 g/mol. The van der Waals surface area contributed by atoms with Gasteiger partial charge in [-0.2, -0.15) is 0 Å². The molecule has 1 N–H and O–H groups in total. The van der Waals surface area contributed by atoms with Crippen LogP contribution in [0.2, 0.25) is 5.02 Å². The Morgan fingerprint density at radius 2 is 1.95 bits per heavy atom. The van der Waals surface area contributed by atoms with Gasteiger partial charge in [-0.1, -0.05) is 41.4 Å². The molecule has 1 heterocycles. The van der Waals surface area contributed by atoms with Crippen LogP contribution in [0.15, 0.2) is 34.8 Å². The lowest BCUT2D eigenvalue weighted by Crippen LogP contribution is -2.23. The molecule has 0 radical (unpaired) electrons. The van der Waals surface area contributed by atoms with Crippen LogP contribution in [0.25, 0.3) is 0 Å². The fraction of sp³-hybridized carbons (Fsp3) is 0.412. The molecule has 0 bridgehead atoms. The Morgan fingerprint density at radius 3 is 2.57 bits per heavy atom. The zero-order valence-electron chi connectivity index (χ0n) is 12.5. The van der Waals surface area contributed by atoms with Gasteiger partial charge in [0.2, 0.25) is 0 Å². The maximum atomic E-state index is 6.20. The highest BCUT2D eigenvalue weighted by molar-refractivity contribution is 9.10. The van der Waals surface area contributed by atoms with Crippen molar-refractivity contribution in [2.45, 2.75) is 39.2 Å². The first-order valence-electron chi connectivity index (χ1n) is 7.39. The van der Waals surface area contributed by atoms with Crippen molar-refractivity contribution in [3.05, 3.63) is 55.1 Å². The van der Waals surface area contributed by atoms with E-state index in [-0.39, 0.29) is 0 Å². The standard InChI is InChI=1S/C17H21BrClNS/c1-3-7-20-17(11-16-6-5-15(4-2)21-16)12-8-13(18)10-14(19)9-12/h5-6,8-10,17,20H,3-4,7,11H2,1-2H3. The molecule has 0 aliphatic carbocycles. The molecule has 0 aliphatic heterocycles. The predicted molar refractivity (Wildman–Crippen MR) is 97.6 cm³/mol. The van der Waals surface area contributed by atoms with Gasteiger partial charge < -0.3 is 5.32 Å². The van der Waals surface area contributed by atoms with E-state index in [9.17, 15) is 0 Å². The Hall–Kier alpha value is -0.350. The van der Waals surface area contributed by atoms with E-state index < -0.39 is 0 Å². The molecule has 0 amide bonds. The van der Waals surface area contributed by atoms with Gasteiger partial charge in [0.15, 0.2) is 0 Å². The summed E-state index contributed by atoms with van der Waals surface area (Å²) in [7, 11) is 0. The van der Waals surface area contributed by atoms with E-state index >= 15 is 0 Å². The number of nitrogens with one attached hydrogen (secondary N) is 1. The van der Waals surface area contributed by atoms with Gasteiger partial charge in [0.1, 0.15) is 0 Å². The number of hydrogen-bond acceptors (Lipinski definition) is 2. The largest absolute Gasteiger partial charge is 0.310 e. The topological polar surface area (TPSA) is 12.0 Å². The summed E-state index contributed by atoms with van der Waals surface area (Å²) in [6.45, 7) is 5.41. The molecule has 0 saturated carbocycles. The predicted octanol–water partition coefficient (Wildman–Crippen LogP) is 6.01. The van der Waals surface area contributed by atoms with Crippen LogP contribution in [0, 0.1) is 0 Å². The molecule has 1 aromatic heterocycles. The normalized spacial score (nSPS) is 12.6. The summed E-state index contributed by atoms with van der Waals surface area (Å²) in [6.07, 6.45) is 3.25. The van der Waals surface area contributed by atoms with Crippen molar-refractivity contribution in [3.63, 3.8) is 0 Å². The van der Waals surface area contributed by atoms with Gasteiger partial charge >= 0.3 is 0 Å². The smallest absolute Gasteiger partial charge is 0.0420 e. The zero-order valence-corrected chi connectivity index (χ0v) is 15.6. The maximum absolute atomic E-state index is 6.20. The minimum atomic E-state index is 0.309. The first-order valence-corrected chi connectivity index (χ1v) is 9.38. The molecule has 0 aliphatic rings. The van der Waals surface area contributed by atoms with E-state index in [0.717, 1.165) is 35.3 Å². The second kappa shape index (κ2) is 8.33. The van der Waals surface area contributed by atoms with Crippen LogP contribution in [0.1, 0.15) is 41.6 Å². The molecule has 21 heavy (non-hydrogen) atoms.